The lowest BCUT2D eigenvalue weighted by Crippen LogP contribution is -2.44. The minimum absolute atomic E-state index is 0.00295. The molecule has 3 rings (SSSR count). The number of likely N-dealkylation sites (tertiary alicyclic amines) is 1. The Labute approximate surface area is 150 Å². The quantitative estimate of drug-likeness (QED) is 0.828. The van der Waals surface area contributed by atoms with Gasteiger partial charge in [0.2, 0.25) is 0 Å². The fourth-order valence-corrected chi connectivity index (χ4v) is 3.51. The lowest BCUT2D eigenvalue weighted by molar-refractivity contribution is -0.0994. The maximum Gasteiger partial charge on any atom is 0.266 e. The van der Waals surface area contributed by atoms with Crippen LogP contribution in [0.3, 0.4) is 0 Å². The Morgan fingerprint density at radius 2 is 1.92 bits per heavy atom. The Morgan fingerprint density at radius 1 is 1.16 bits per heavy atom. The summed E-state index contributed by atoms with van der Waals surface area (Å²) < 4.78 is 12.9. The van der Waals surface area contributed by atoms with Crippen LogP contribution in [0.5, 0.6) is 0 Å². The van der Waals surface area contributed by atoms with Crippen molar-refractivity contribution in [2.75, 3.05) is 39.5 Å². The first-order chi connectivity index (χ1) is 11.9. The third-order valence-electron chi connectivity index (χ3n) is 5.12. The molecule has 6 heteroatoms. The van der Waals surface area contributed by atoms with Gasteiger partial charge >= 0.3 is 0 Å². The fraction of sp³-hybridized carbons (Fsp3) is 0.789. The molecule has 2 aliphatic rings. The van der Waals surface area contributed by atoms with Gasteiger partial charge in [0.25, 0.3) is 5.56 Å². The average Bonchev–Trinajstić information content (AvgIpc) is 2.58. The third-order valence-corrected chi connectivity index (χ3v) is 5.12. The number of hydrogen-bond acceptors (Lipinski definition) is 5. The zero-order valence-corrected chi connectivity index (χ0v) is 15.7. The number of rotatable bonds is 4. The van der Waals surface area contributed by atoms with Gasteiger partial charge in [0.15, 0.2) is 0 Å². The van der Waals surface area contributed by atoms with Crippen LogP contribution in [-0.4, -0.2) is 60.2 Å². The second-order valence-corrected chi connectivity index (χ2v) is 8.30. The van der Waals surface area contributed by atoms with Crippen LogP contribution in [0.25, 0.3) is 0 Å². The van der Waals surface area contributed by atoms with Crippen LogP contribution in [0.2, 0.25) is 0 Å². The summed E-state index contributed by atoms with van der Waals surface area (Å²) >= 11 is 0. The average molecular weight is 349 g/mol. The Hall–Kier alpha value is -1.24. The topological polar surface area (TPSA) is 56.6 Å². The van der Waals surface area contributed by atoms with E-state index in [1.165, 1.54) is 0 Å². The molecule has 1 atom stereocenters. The van der Waals surface area contributed by atoms with Crippen molar-refractivity contribution in [1.29, 1.82) is 0 Å². The molecule has 0 N–H and O–H groups in total. The Balaban J connectivity index is 1.53. The van der Waals surface area contributed by atoms with Crippen molar-refractivity contribution in [2.24, 2.45) is 5.92 Å². The Kier molecular flexibility index (Phi) is 5.92. The van der Waals surface area contributed by atoms with Crippen molar-refractivity contribution in [2.45, 2.75) is 51.7 Å². The van der Waals surface area contributed by atoms with Crippen molar-refractivity contribution >= 4 is 0 Å². The molecule has 1 unspecified atom stereocenters. The summed E-state index contributed by atoms with van der Waals surface area (Å²) in [5.41, 5.74) is 0.933. The molecule has 0 amide bonds. The summed E-state index contributed by atoms with van der Waals surface area (Å²) in [7, 11) is 0. The highest BCUT2D eigenvalue weighted by molar-refractivity contribution is 5.10. The minimum Gasteiger partial charge on any atom is -0.376 e. The number of hydrogen-bond donors (Lipinski definition) is 0. The van der Waals surface area contributed by atoms with Gasteiger partial charge in [-0.3, -0.25) is 4.79 Å². The smallest absolute Gasteiger partial charge is 0.266 e. The van der Waals surface area contributed by atoms with E-state index in [0.29, 0.717) is 25.7 Å². The van der Waals surface area contributed by atoms with Gasteiger partial charge in [-0.1, -0.05) is 20.8 Å². The van der Waals surface area contributed by atoms with Gasteiger partial charge in [-0.05, 0) is 37.9 Å². The number of aromatic nitrogens is 2. The molecule has 2 fully saturated rings. The van der Waals surface area contributed by atoms with E-state index in [-0.39, 0.29) is 17.1 Å². The molecule has 0 radical (unpaired) electrons. The second kappa shape index (κ2) is 7.98. The number of piperidine rings is 1. The molecule has 0 aliphatic carbocycles. The van der Waals surface area contributed by atoms with Gasteiger partial charge in [0, 0.05) is 24.6 Å². The highest BCUT2D eigenvalue weighted by Crippen LogP contribution is 2.21. The van der Waals surface area contributed by atoms with Crippen LogP contribution in [-0.2, 0) is 21.4 Å². The van der Waals surface area contributed by atoms with Gasteiger partial charge in [0.1, 0.15) is 0 Å². The zero-order chi connectivity index (χ0) is 17.9. The molecule has 0 bridgehead atoms. The van der Waals surface area contributed by atoms with Gasteiger partial charge < -0.3 is 14.4 Å². The SMILES string of the molecule is CC(C)(C)c1ccc(=O)n(CC2CCN(CC3COCCO3)CC2)n1. The Morgan fingerprint density at radius 3 is 2.56 bits per heavy atom. The molecule has 25 heavy (non-hydrogen) atoms. The molecule has 0 aromatic carbocycles. The van der Waals surface area contributed by atoms with E-state index in [2.05, 4.69) is 30.8 Å². The molecular formula is C19H31N3O3. The molecule has 3 heterocycles. The summed E-state index contributed by atoms with van der Waals surface area (Å²) in [5.74, 6) is 0.514. The zero-order valence-electron chi connectivity index (χ0n) is 15.7. The standard InChI is InChI=1S/C19H31N3O3/c1-19(2,3)17-4-5-18(23)22(20-17)12-15-6-8-21(9-7-15)13-16-14-24-10-11-25-16/h4-5,15-16H,6-14H2,1-3H3. The summed E-state index contributed by atoms with van der Waals surface area (Å²) in [6.45, 7) is 12.3. The molecule has 1 aromatic rings. The van der Waals surface area contributed by atoms with Gasteiger partial charge in [-0.2, -0.15) is 5.10 Å². The summed E-state index contributed by atoms with van der Waals surface area (Å²) in [4.78, 5) is 14.6. The maximum absolute atomic E-state index is 12.2. The first kappa shape index (κ1) is 18.5. The van der Waals surface area contributed by atoms with E-state index in [4.69, 9.17) is 9.47 Å². The van der Waals surface area contributed by atoms with Gasteiger partial charge in [-0.25, -0.2) is 4.68 Å². The van der Waals surface area contributed by atoms with Crippen molar-refractivity contribution in [3.05, 3.63) is 28.2 Å². The summed E-state index contributed by atoms with van der Waals surface area (Å²) in [5, 5.41) is 4.60. The Bertz CT molecular complexity index is 609. The van der Waals surface area contributed by atoms with E-state index < -0.39 is 0 Å². The third kappa shape index (κ3) is 5.12. The van der Waals surface area contributed by atoms with Crippen molar-refractivity contribution < 1.29 is 9.47 Å². The molecule has 0 spiro atoms. The monoisotopic (exact) mass is 349 g/mol. The highest BCUT2D eigenvalue weighted by Gasteiger charge is 2.24. The molecule has 2 aliphatic heterocycles. The van der Waals surface area contributed by atoms with Crippen LogP contribution >= 0.6 is 0 Å². The van der Waals surface area contributed by atoms with E-state index >= 15 is 0 Å². The van der Waals surface area contributed by atoms with Crippen molar-refractivity contribution in [1.82, 2.24) is 14.7 Å². The summed E-state index contributed by atoms with van der Waals surface area (Å²) in [6, 6.07) is 3.51. The van der Waals surface area contributed by atoms with E-state index in [1.807, 2.05) is 6.07 Å². The van der Waals surface area contributed by atoms with E-state index in [0.717, 1.165) is 44.7 Å². The van der Waals surface area contributed by atoms with Crippen LogP contribution in [0.1, 0.15) is 39.3 Å². The predicted octanol–water partition coefficient (Wildman–Crippen LogP) is 1.67. The molecule has 2 saturated heterocycles. The number of nitrogens with zero attached hydrogens (tertiary/aromatic N) is 3. The van der Waals surface area contributed by atoms with Crippen LogP contribution in [0.4, 0.5) is 0 Å². The molecule has 0 saturated carbocycles. The van der Waals surface area contributed by atoms with Crippen LogP contribution in [0, 0.1) is 5.92 Å². The van der Waals surface area contributed by atoms with Crippen LogP contribution < -0.4 is 5.56 Å². The van der Waals surface area contributed by atoms with Gasteiger partial charge in [-0.15, -0.1) is 0 Å². The molecular weight excluding hydrogens is 318 g/mol. The fourth-order valence-electron chi connectivity index (χ4n) is 3.51. The first-order valence-electron chi connectivity index (χ1n) is 9.42. The summed E-state index contributed by atoms with van der Waals surface area (Å²) in [6.07, 6.45) is 2.40. The minimum atomic E-state index is -0.0408. The lowest BCUT2D eigenvalue weighted by Gasteiger charge is -2.35. The molecule has 140 valence electrons. The van der Waals surface area contributed by atoms with Gasteiger partial charge in [0.05, 0.1) is 31.6 Å². The van der Waals surface area contributed by atoms with Crippen LogP contribution in [0.15, 0.2) is 16.9 Å². The predicted molar refractivity (Wildman–Crippen MR) is 96.9 cm³/mol. The maximum atomic E-state index is 12.2. The number of ether oxygens (including phenoxy) is 2. The first-order valence-corrected chi connectivity index (χ1v) is 9.42. The molecule has 1 aromatic heterocycles. The lowest BCUT2D eigenvalue weighted by atomic mass is 9.92. The van der Waals surface area contributed by atoms with Crippen molar-refractivity contribution in [3.8, 4) is 0 Å². The normalized spacial score (nSPS) is 23.7. The highest BCUT2D eigenvalue weighted by atomic mass is 16.6. The second-order valence-electron chi connectivity index (χ2n) is 8.30. The molecule has 6 nitrogen and oxygen atoms in total. The van der Waals surface area contributed by atoms with Crippen molar-refractivity contribution in [3.63, 3.8) is 0 Å². The van der Waals surface area contributed by atoms with E-state index in [9.17, 15) is 4.79 Å². The van der Waals surface area contributed by atoms with E-state index in [1.54, 1.807) is 10.7 Å². The largest absolute Gasteiger partial charge is 0.376 e.